The van der Waals surface area contributed by atoms with Gasteiger partial charge in [-0.1, -0.05) is 17.8 Å². The van der Waals surface area contributed by atoms with E-state index < -0.39 is 6.04 Å². The molecule has 0 aliphatic carbocycles. The normalized spacial score (nSPS) is 17.5. The second-order valence-electron chi connectivity index (χ2n) is 7.80. The monoisotopic (exact) mass is 562 g/mol. The highest BCUT2D eigenvalue weighted by Gasteiger charge is 2.34. The molecule has 2 saturated heterocycles. The number of benzene rings is 1. The van der Waals surface area contributed by atoms with Crippen LogP contribution in [-0.2, 0) is 9.59 Å². The molecule has 184 valence electrons. The number of likely N-dealkylation sites (N-methyl/N-ethyl adjacent to an activating group) is 1. The third kappa shape index (κ3) is 6.00. The fraction of sp³-hybridized carbons (Fsp3) is 0.333. The van der Waals surface area contributed by atoms with Gasteiger partial charge in [0.05, 0.1) is 10.2 Å². The first-order valence-corrected chi connectivity index (χ1v) is 12.5. The lowest BCUT2D eigenvalue weighted by Crippen LogP contribution is -2.43. The van der Waals surface area contributed by atoms with Gasteiger partial charge in [-0.25, -0.2) is 14.7 Å². The molecule has 0 spiro atoms. The predicted octanol–water partition coefficient (Wildman–Crippen LogP) is 2.12. The zero-order valence-corrected chi connectivity index (χ0v) is 21.1. The van der Waals surface area contributed by atoms with Crippen molar-refractivity contribution in [2.24, 2.45) is 0 Å². The molecule has 2 fully saturated rings. The summed E-state index contributed by atoms with van der Waals surface area (Å²) in [4.78, 5) is 58.9. The van der Waals surface area contributed by atoms with Crippen LogP contribution in [0.3, 0.4) is 0 Å². The number of imide groups is 1. The van der Waals surface area contributed by atoms with Crippen molar-refractivity contribution in [3.63, 3.8) is 0 Å². The van der Waals surface area contributed by atoms with E-state index >= 15 is 0 Å². The van der Waals surface area contributed by atoms with Gasteiger partial charge in [0, 0.05) is 37.8 Å². The number of carbonyl (C=O) groups excluding carboxylic acids is 4. The number of anilines is 4. The molecule has 12 nitrogen and oxygen atoms in total. The molecule has 4 rings (SSSR count). The summed E-state index contributed by atoms with van der Waals surface area (Å²) in [6.07, 6.45) is 2.25. The molecule has 2 aliphatic rings. The molecule has 0 saturated carbocycles. The van der Waals surface area contributed by atoms with Gasteiger partial charge in [-0.15, -0.1) is 0 Å². The molecule has 2 aromatic rings. The number of hydrogen-bond donors (Lipinski definition) is 4. The van der Waals surface area contributed by atoms with E-state index in [4.69, 9.17) is 0 Å². The van der Waals surface area contributed by atoms with Crippen molar-refractivity contribution in [2.75, 3.05) is 48.0 Å². The van der Waals surface area contributed by atoms with E-state index in [2.05, 4.69) is 47.2 Å². The molecule has 35 heavy (non-hydrogen) atoms. The first kappa shape index (κ1) is 24.7. The summed E-state index contributed by atoms with van der Waals surface area (Å²) in [6, 6.07) is 6.03. The summed E-state index contributed by atoms with van der Waals surface area (Å²) in [6.45, 7) is 1.04. The molecule has 0 radical (unpaired) electrons. The Bertz CT molecular complexity index is 1170. The van der Waals surface area contributed by atoms with Crippen molar-refractivity contribution in [1.29, 1.82) is 0 Å². The Balaban J connectivity index is 1.31. The summed E-state index contributed by atoms with van der Waals surface area (Å²) in [5.74, 6) is 0.855. The Kier molecular flexibility index (Phi) is 7.70. The Labute approximate surface area is 213 Å². The molecule has 2 aliphatic heterocycles. The van der Waals surface area contributed by atoms with Crippen LogP contribution in [-0.4, -0.2) is 76.4 Å². The van der Waals surface area contributed by atoms with Crippen molar-refractivity contribution in [3.8, 4) is 0 Å². The smallest absolute Gasteiger partial charge is 0.331 e. The third-order valence-corrected chi connectivity index (χ3v) is 6.64. The van der Waals surface area contributed by atoms with Gasteiger partial charge >= 0.3 is 6.03 Å². The molecule has 1 aromatic heterocycles. The lowest BCUT2D eigenvalue weighted by atomic mass is 10.2. The van der Waals surface area contributed by atoms with Crippen molar-refractivity contribution < 1.29 is 19.2 Å². The average Bonchev–Trinajstić information content (AvgIpc) is 3.37. The molecule has 4 N–H and O–H groups in total. The van der Waals surface area contributed by atoms with Gasteiger partial charge in [0.2, 0.25) is 11.9 Å². The van der Waals surface area contributed by atoms with Gasteiger partial charge in [0.1, 0.15) is 18.4 Å². The maximum Gasteiger partial charge on any atom is 0.331 e. The quantitative estimate of drug-likeness (QED) is 0.266. The first-order valence-electron chi connectivity index (χ1n) is 10.7. The summed E-state index contributed by atoms with van der Waals surface area (Å²) in [7, 11) is 1.58. The molecular weight excluding hydrogens is 540 g/mol. The van der Waals surface area contributed by atoms with Gasteiger partial charge in [0.25, 0.3) is 11.1 Å². The van der Waals surface area contributed by atoms with Crippen LogP contribution in [0.2, 0.25) is 0 Å². The highest BCUT2D eigenvalue weighted by molar-refractivity contribution is 9.10. The van der Waals surface area contributed by atoms with E-state index in [1.807, 2.05) is 0 Å². The topological polar surface area (TPSA) is 149 Å². The van der Waals surface area contributed by atoms with Crippen molar-refractivity contribution in [1.82, 2.24) is 25.5 Å². The number of nitrogens with one attached hydrogen (secondary N) is 4. The van der Waals surface area contributed by atoms with E-state index in [9.17, 15) is 19.2 Å². The second kappa shape index (κ2) is 10.9. The first-order chi connectivity index (χ1) is 16.8. The Morgan fingerprint density at radius 1 is 1.29 bits per heavy atom. The number of carbonyl (C=O) groups is 4. The number of rotatable bonds is 9. The zero-order chi connectivity index (χ0) is 24.9. The number of hydrogen-bond acceptors (Lipinski definition) is 9. The van der Waals surface area contributed by atoms with E-state index in [1.54, 1.807) is 37.5 Å². The van der Waals surface area contributed by atoms with Crippen molar-refractivity contribution in [3.05, 3.63) is 34.9 Å². The fourth-order valence-electron chi connectivity index (χ4n) is 3.43. The van der Waals surface area contributed by atoms with Crippen LogP contribution >= 0.6 is 27.7 Å². The molecule has 1 aromatic carbocycles. The molecule has 5 amide bonds. The molecule has 14 heteroatoms. The van der Waals surface area contributed by atoms with Crippen LogP contribution < -0.4 is 26.2 Å². The Morgan fingerprint density at radius 2 is 2.11 bits per heavy atom. The number of halogens is 1. The minimum atomic E-state index is -0.480. The fourth-order valence-corrected chi connectivity index (χ4v) is 4.54. The van der Waals surface area contributed by atoms with Crippen LogP contribution in [0.1, 0.15) is 6.42 Å². The number of amides is 5. The van der Waals surface area contributed by atoms with Crippen LogP contribution in [0.15, 0.2) is 34.9 Å². The van der Waals surface area contributed by atoms with E-state index in [0.29, 0.717) is 52.9 Å². The predicted molar refractivity (Wildman–Crippen MR) is 136 cm³/mol. The molecule has 1 atom stereocenters. The largest absolute Gasteiger partial charge is 0.369 e. The van der Waals surface area contributed by atoms with E-state index in [0.717, 1.165) is 16.7 Å². The van der Waals surface area contributed by atoms with E-state index in [1.165, 1.54) is 4.90 Å². The third-order valence-electron chi connectivity index (χ3n) is 5.18. The SMILES string of the molecule is CN1CC(=O)N(c2cccc(Nc3ncc(Br)c(NCCCNC(=O)C4CSC(=O)N4)n3)c2)C1=O. The van der Waals surface area contributed by atoms with Gasteiger partial charge in [-0.05, 0) is 40.5 Å². The van der Waals surface area contributed by atoms with Crippen LogP contribution in [0.5, 0.6) is 0 Å². The maximum atomic E-state index is 12.3. The average molecular weight is 563 g/mol. The lowest BCUT2D eigenvalue weighted by Gasteiger charge is -2.15. The Morgan fingerprint density at radius 3 is 2.83 bits per heavy atom. The summed E-state index contributed by atoms with van der Waals surface area (Å²) >= 11 is 4.52. The second-order valence-corrected chi connectivity index (χ2v) is 9.65. The Hall–Kier alpha value is -3.39. The number of aromatic nitrogens is 2. The van der Waals surface area contributed by atoms with E-state index in [-0.39, 0.29) is 29.6 Å². The van der Waals surface area contributed by atoms with Crippen molar-refractivity contribution >= 4 is 73.9 Å². The van der Waals surface area contributed by atoms with Gasteiger partial charge < -0.3 is 26.2 Å². The standard InChI is InChI=1S/C21H23BrN8O4S/c1-29-10-16(31)30(21(29)34)13-5-2-4-12(8-13)26-19-25-9-14(22)17(28-19)23-6-3-7-24-18(32)15-11-35-20(33)27-15/h2,4-5,8-9,15H,3,6-7,10-11H2,1H3,(H,24,32)(H,27,33)(H2,23,25,26,28). The molecule has 1 unspecified atom stereocenters. The summed E-state index contributed by atoms with van der Waals surface area (Å²) in [5.41, 5.74) is 1.08. The van der Waals surface area contributed by atoms with Crippen LogP contribution in [0, 0.1) is 0 Å². The number of thioether (sulfide) groups is 1. The zero-order valence-electron chi connectivity index (χ0n) is 18.7. The lowest BCUT2D eigenvalue weighted by molar-refractivity contribution is -0.122. The molecule has 0 bridgehead atoms. The highest BCUT2D eigenvalue weighted by atomic mass is 79.9. The minimum absolute atomic E-state index is 0.0429. The summed E-state index contributed by atoms with van der Waals surface area (Å²) < 4.78 is 0.669. The minimum Gasteiger partial charge on any atom is -0.369 e. The van der Waals surface area contributed by atoms with Crippen LogP contribution in [0.4, 0.5) is 32.7 Å². The van der Waals surface area contributed by atoms with Gasteiger partial charge in [-0.3, -0.25) is 14.4 Å². The number of urea groups is 1. The molecular formula is C21H23BrN8O4S. The number of nitrogens with zero attached hydrogens (tertiary/aromatic N) is 4. The highest BCUT2D eigenvalue weighted by Crippen LogP contribution is 2.26. The summed E-state index contributed by atoms with van der Waals surface area (Å²) in [5, 5.41) is 11.5. The van der Waals surface area contributed by atoms with Gasteiger partial charge in [0.15, 0.2) is 0 Å². The van der Waals surface area contributed by atoms with Crippen molar-refractivity contribution in [2.45, 2.75) is 12.5 Å². The van der Waals surface area contributed by atoms with Crippen LogP contribution in [0.25, 0.3) is 0 Å². The van der Waals surface area contributed by atoms with Gasteiger partial charge in [-0.2, -0.15) is 4.98 Å². The maximum absolute atomic E-state index is 12.3. The molecule has 3 heterocycles.